The second-order valence-electron chi connectivity index (χ2n) is 6.95. The predicted octanol–water partition coefficient (Wildman–Crippen LogP) is 3.22. The first-order valence-corrected chi connectivity index (χ1v) is 8.20. The van der Waals surface area contributed by atoms with Gasteiger partial charge in [-0.2, -0.15) is 0 Å². The van der Waals surface area contributed by atoms with Crippen molar-refractivity contribution in [1.82, 2.24) is 0 Å². The third-order valence-corrected chi connectivity index (χ3v) is 4.95. The highest BCUT2D eigenvalue weighted by molar-refractivity contribution is 5.40. The van der Waals surface area contributed by atoms with Gasteiger partial charge in [0.25, 0.3) is 0 Å². The molecule has 1 aliphatic heterocycles. The van der Waals surface area contributed by atoms with Gasteiger partial charge in [0.1, 0.15) is 11.9 Å². The molecule has 0 saturated heterocycles. The van der Waals surface area contributed by atoms with Crippen molar-refractivity contribution in [3.63, 3.8) is 0 Å². The molecule has 3 atom stereocenters. The third kappa shape index (κ3) is 3.24. The summed E-state index contributed by atoms with van der Waals surface area (Å²) in [4.78, 5) is 0. The van der Waals surface area contributed by atoms with E-state index >= 15 is 0 Å². The third-order valence-electron chi connectivity index (χ3n) is 4.95. The highest BCUT2D eigenvalue weighted by atomic mass is 16.5. The number of hydrogen-bond donors (Lipinski definition) is 1. The second-order valence-corrected chi connectivity index (χ2v) is 6.95. The minimum atomic E-state index is -0.119. The molecule has 0 spiro atoms. The van der Waals surface area contributed by atoms with Crippen LogP contribution < -0.4 is 10.5 Å². The van der Waals surface area contributed by atoms with Gasteiger partial charge < -0.3 is 15.2 Å². The van der Waals surface area contributed by atoms with E-state index in [-0.39, 0.29) is 11.7 Å². The summed E-state index contributed by atoms with van der Waals surface area (Å²) in [5.41, 5.74) is 8.50. The fourth-order valence-corrected chi connectivity index (χ4v) is 3.80. The Balaban J connectivity index is 1.58. The van der Waals surface area contributed by atoms with E-state index < -0.39 is 0 Å². The van der Waals surface area contributed by atoms with Gasteiger partial charge >= 0.3 is 0 Å². The van der Waals surface area contributed by atoms with Crippen LogP contribution in [0.25, 0.3) is 0 Å². The molecule has 3 nitrogen and oxygen atoms in total. The lowest BCUT2D eigenvalue weighted by atomic mass is 9.79. The Labute approximate surface area is 127 Å². The topological polar surface area (TPSA) is 44.5 Å². The van der Waals surface area contributed by atoms with Gasteiger partial charge in [-0.3, -0.25) is 0 Å². The average molecular weight is 289 g/mol. The van der Waals surface area contributed by atoms with Crippen molar-refractivity contribution in [2.24, 2.45) is 11.7 Å². The lowest BCUT2D eigenvalue weighted by Gasteiger charge is -2.39. The number of nitrogens with two attached hydrogens (primary N) is 1. The van der Waals surface area contributed by atoms with E-state index in [2.05, 4.69) is 32.0 Å². The molecule has 3 heteroatoms. The minimum Gasteiger partial charge on any atom is -0.487 e. The molecule has 1 fully saturated rings. The van der Waals surface area contributed by atoms with Crippen LogP contribution in [0.5, 0.6) is 5.75 Å². The Hall–Kier alpha value is -1.06. The summed E-state index contributed by atoms with van der Waals surface area (Å²) in [5.74, 6) is 1.74. The number of ether oxygens (including phenoxy) is 2. The van der Waals surface area contributed by atoms with Gasteiger partial charge in [-0.1, -0.05) is 37.5 Å². The van der Waals surface area contributed by atoms with E-state index in [0.717, 1.165) is 25.0 Å². The first kappa shape index (κ1) is 14.9. The first-order valence-electron chi connectivity index (χ1n) is 8.20. The van der Waals surface area contributed by atoms with Gasteiger partial charge in [0.15, 0.2) is 0 Å². The second kappa shape index (κ2) is 5.98. The quantitative estimate of drug-likeness (QED) is 0.925. The zero-order valence-corrected chi connectivity index (χ0v) is 13.2. The molecule has 116 valence electrons. The van der Waals surface area contributed by atoms with Crippen LogP contribution in [0.3, 0.4) is 0 Å². The van der Waals surface area contributed by atoms with Crippen LogP contribution in [0, 0.1) is 12.8 Å². The first-order chi connectivity index (χ1) is 10.1. The molecule has 0 amide bonds. The van der Waals surface area contributed by atoms with Gasteiger partial charge in [0, 0.05) is 13.0 Å². The normalized spacial score (nSPS) is 31.8. The van der Waals surface area contributed by atoms with Gasteiger partial charge in [0.2, 0.25) is 0 Å². The maximum absolute atomic E-state index is 6.29. The fraction of sp³-hybridized carbons (Fsp3) is 0.667. The highest BCUT2D eigenvalue weighted by Gasteiger charge is 2.36. The standard InChI is InChI=1S/C18H27NO2/c1-13-5-6-17-15(8-13)9-16(21-17)11-20-18(12-19)7-3-4-14(2)10-18/h5-6,8,14,16H,3-4,7,9-12,19H2,1-2H3. The monoisotopic (exact) mass is 289 g/mol. The molecule has 3 rings (SSSR count). The van der Waals surface area contributed by atoms with Crippen LogP contribution in [0.15, 0.2) is 18.2 Å². The maximum atomic E-state index is 6.29. The van der Waals surface area contributed by atoms with Gasteiger partial charge in [-0.05, 0) is 37.3 Å². The lowest BCUT2D eigenvalue weighted by molar-refractivity contribution is -0.0945. The number of hydrogen-bond acceptors (Lipinski definition) is 3. The minimum absolute atomic E-state index is 0.119. The number of benzene rings is 1. The SMILES string of the molecule is Cc1ccc2c(c1)CC(COC1(CN)CCCC(C)C1)O2. The Bertz CT molecular complexity index is 502. The van der Waals surface area contributed by atoms with Crippen LogP contribution in [0.2, 0.25) is 0 Å². The Morgan fingerprint density at radius 1 is 1.43 bits per heavy atom. The molecule has 2 N–H and O–H groups in total. The summed E-state index contributed by atoms with van der Waals surface area (Å²) in [6, 6.07) is 6.40. The van der Waals surface area contributed by atoms with Crippen LogP contribution in [0.1, 0.15) is 43.7 Å². The summed E-state index contributed by atoms with van der Waals surface area (Å²) < 4.78 is 12.3. The summed E-state index contributed by atoms with van der Waals surface area (Å²) in [7, 11) is 0. The molecule has 3 unspecified atom stereocenters. The van der Waals surface area contributed by atoms with Crippen LogP contribution in [0.4, 0.5) is 0 Å². The van der Waals surface area contributed by atoms with E-state index in [4.69, 9.17) is 15.2 Å². The van der Waals surface area contributed by atoms with E-state index in [1.54, 1.807) is 0 Å². The summed E-state index contributed by atoms with van der Waals surface area (Å²) in [6.07, 6.45) is 5.80. The molecule has 0 bridgehead atoms. The van der Waals surface area contributed by atoms with Crippen molar-refractivity contribution < 1.29 is 9.47 Å². The zero-order valence-electron chi connectivity index (χ0n) is 13.2. The molecule has 0 aromatic heterocycles. The molecule has 1 aromatic carbocycles. The average Bonchev–Trinajstić information content (AvgIpc) is 2.87. The van der Waals surface area contributed by atoms with Crippen molar-refractivity contribution in [3.8, 4) is 5.75 Å². The molecular weight excluding hydrogens is 262 g/mol. The van der Waals surface area contributed by atoms with E-state index in [0.29, 0.717) is 19.1 Å². The van der Waals surface area contributed by atoms with Crippen LogP contribution in [-0.4, -0.2) is 24.9 Å². The van der Waals surface area contributed by atoms with Gasteiger partial charge in [-0.15, -0.1) is 0 Å². The van der Waals surface area contributed by atoms with Crippen LogP contribution >= 0.6 is 0 Å². The maximum Gasteiger partial charge on any atom is 0.126 e. The molecular formula is C18H27NO2. The molecule has 0 radical (unpaired) electrons. The Morgan fingerprint density at radius 2 is 2.29 bits per heavy atom. The number of fused-ring (bicyclic) bond motifs is 1. The molecule has 21 heavy (non-hydrogen) atoms. The lowest BCUT2D eigenvalue weighted by Crippen LogP contribution is -2.46. The Morgan fingerprint density at radius 3 is 3.05 bits per heavy atom. The predicted molar refractivity (Wildman–Crippen MR) is 84.7 cm³/mol. The van der Waals surface area contributed by atoms with E-state index in [1.807, 2.05) is 0 Å². The van der Waals surface area contributed by atoms with Gasteiger partial charge in [-0.25, -0.2) is 0 Å². The summed E-state index contributed by atoms with van der Waals surface area (Å²) >= 11 is 0. The molecule has 1 heterocycles. The molecule has 1 saturated carbocycles. The smallest absolute Gasteiger partial charge is 0.126 e. The van der Waals surface area contributed by atoms with Crippen LogP contribution in [-0.2, 0) is 11.2 Å². The molecule has 2 aliphatic rings. The van der Waals surface area contributed by atoms with E-state index in [1.165, 1.54) is 24.0 Å². The number of rotatable bonds is 4. The van der Waals surface area contributed by atoms with Crippen molar-refractivity contribution in [2.75, 3.05) is 13.2 Å². The molecule has 1 aromatic rings. The highest BCUT2D eigenvalue weighted by Crippen LogP contribution is 2.36. The fourth-order valence-electron chi connectivity index (χ4n) is 3.80. The van der Waals surface area contributed by atoms with Crippen molar-refractivity contribution in [1.29, 1.82) is 0 Å². The molecule has 1 aliphatic carbocycles. The van der Waals surface area contributed by atoms with Crippen molar-refractivity contribution in [2.45, 2.75) is 57.7 Å². The summed E-state index contributed by atoms with van der Waals surface area (Å²) in [6.45, 7) is 5.70. The number of aryl methyl sites for hydroxylation is 1. The summed E-state index contributed by atoms with van der Waals surface area (Å²) in [5, 5.41) is 0. The van der Waals surface area contributed by atoms with E-state index in [9.17, 15) is 0 Å². The van der Waals surface area contributed by atoms with Crippen molar-refractivity contribution >= 4 is 0 Å². The van der Waals surface area contributed by atoms with Gasteiger partial charge in [0.05, 0.1) is 12.2 Å². The zero-order chi connectivity index (χ0) is 14.9. The Kier molecular flexibility index (Phi) is 4.23. The van der Waals surface area contributed by atoms with Crippen molar-refractivity contribution in [3.05, 3.63) is 29.3 Å². The largest absolute Gasteiger partial charge is 0.487 e.